The molecule has 1 aromatic rings. The van der Waals surface area contributed by atoms with Crippen molar-refractivity contribution in [2.24, 2.45) is 0 Å². The van der Waals surface area contributed by atoms with E-state index in [2.05, 4.69) is 24.0 Å². The van der Waals surface area contributed by atoms with Crippen molar-refractivity contribution < 1.29 is 9.84 Å². The number of benzene rings is 1. The minimum atomic E-state index is 0.392. The van der Waals surface area contributed by atoms with E-state index in [0.717, 1.165) is 43.8 Å². The Balaban J connectivity index is 1.95. The first-order valence-corrected chi connectivity index (χ1v) is 7.73. The van der Waals surface area contributed by atoms with Gasteiger partial charge in [0.15, 0.2) is 0 Å². The monoisotopic (exact) mass is 277 g/mol. The first-order valence-electron chi connectivity index (χ1n) is 7.73. The van der Waals surface area contributed by atoms with Crippen LogP contribution in [-0.2, 0) is 11.3 Å². The van der Waals surface area contributed by atoms with E-state index in [4.69, 9.17) is 4.74 Å². The van der Waals surface area contributed by atoms with Crippen LogP contribution >= 0.6 is 0 Å². The number of hydrogen-bond donors (Lipinski definition) is 1. The summed E-state index contributed by atoms with van der Waals surface area (Å²) in [6, 6.07) is 4.19. The van der Waals surface area contributed by atoms with Gasteiger partial charge in [0.05, 0.1) is 6.10 Å². The van der Waals surface area contributed by atoms with Crippen molar-refractivity contribution in [3.05, 3.63) is 28.8 Å². The number of aryl methyl sites for hydroxylation is 2. The molecule has 1 unspecified atom stereocenters. The van der Waals surface area contributed by atoms with Gasteiger partial charge in [0.25, 0.3) is 0 Å². The number of nitrogens with zero attached hydrogens (tertiary/aromatic N) is 1. The molecule has 0 spiro atoms. The lowest BCUT2D eigenvalue weighted by atomic mass is 10.0. The average molecular weight is 277 g/mol. The summed E-state index contributed by atoms with van der Waals surface area (Å²) in [4.78, 5) is 2.47. The van der Waals surface area contributed by atoms with Crippen LogP contribution in [0.25, 0.3) is 0 Å². The molecule has 1 heterocycles. The maximum atomic E-state index is 9.84. The molecule has 1 aromatic carbocycles. The highest BCUT2D eigenvalue weighted by Gasteiger charge is 2.20. The Hall–Kier alpha value is -1.06. The molecule has 0 amide bonds. The standard InChI is InChI=1S/C17H27NO2/c1-4-8-20-16-6-5-7-18(12-16)11-15-9-13(2)17(19)14(3)10-15/h9-10,16,19H,4-8,11-12H2,1-3H3. The van der Waals surface area contributed by atoms with Gasteiger partial charge in [-0.3, -0.25) is 4.90 Å². The Bertz CT molecular complexity index is 422. The number of likely N-dealkylation sites (tertiary alicyclic amines) is 1. The highest BCUT2D eigenvalue weighted by atomic mass is 16.5. The van der Waals surface area contributed by atoms with E-state index in [-0.39, 0.29) is 0 Å². The van der Waals surface area contributed by atoms with Gasteiger partial charge in [0.2, 0.25) is 0 Å². The number of rotatable bonds is 5. The summed E-state index contributed by atoms with van der Waals surface area (Å²) in [7, 11) is 0. The van der Waals surface area contributed by atoms with Crippen LogP contribution in [0.4, 0.5) is 0 Å². The fraction of sp³-hybridized carbons (Fsp3) is 0.647. The predicted molar refractivity (Wildman–Crippen MR) is 82.1 cm³/mol. The van der Waals surface area contributed by atoms with E-state index in [0.29, 0.717) is 11.9 Å². The molecular weight excluding hydrogens is 250 g/mol. The molecule has 3 nitrogen and oxygen atoms in total. The van der Waals surface area contributed by atoms with E-state index in [1.807, 2.05) is 13.8 Å². The van der Waals surface area contributed by atoms with Crippen LogP contribution in [0.3, 0.4) is 0 Å². The van der Waals surface area contributed by atoms with Gasteiger partial charge < -0.3 is 9.84 Å². The molecule has 1 saturated heterocycles. The molecule has 1 aliphatic rings. The summed E-state index contributed by atoms with van der Waals surface area (Å²) in [5.41, 5.74) is 3.22. The number of ether oxygens (including phenoxy) is 1. The van der Waals surface area contributed by atoms with Crippen LogP contribution in [0.2, 0.25) is 0 Å². The largest absolute Gasteiger partial charge is 0.507 e. The molecule has 1 N–H and O–H groups in total. The summed E-state index contributed by atoms with van der Waals surface area (Å²) >= 11 is 0. The molecule has 1 aliphatic heterocycles. The molecule has 1 fully saturated rings. The average Bonchev–Trinajstić information content (AvgIpc) is 2.43. The van der Waals surface area contributed by atoms with Crippen LogP contribution in [-0.4, -0.2) is 35.8 Å². The molecule has 112 valence electrons. The third kappa shape index (κ3) is 3.97. The smallest absolute Gasteiger partial charge is 0.121 e. The fourth-order valence-electron chi connectivity index (χ4n) is 2.97. The molecule has 0 bridgehead atoms. The summed E-state index contributed by atoms with van der Waals surface area (Å²) in [5.74, 6) is 0.427. The lowest BCUT2D eigenvalue weighted by molar-refractivity contribution is -0.00223. The van der Waals surface area contributed by atoms with Gasteiger partial charge in [-0.25, -0.2) is 0 Å². The number of piperidine rings is 1. The van der Waals surface area contributed by atoms with Gasteiger partial charge in [-0.2, -0.15) is 0 Å². The van der Waals surface area contributed by atoms with Gasteiger partial charge in [0, 0.05) is 19.7 Å². The molecule has 0 saturated carbocycles. The maximum Gasteiger partial charge on any atom is 0.121 e. The molecule has 3 heteroatoms. The molecule has 0 aliphatic carbocycles. The Morgan fingerprint density at radius 2 is 2.00 bits per heavy atom. The van der Waals surface area contributed by atoms with E-state index in [1.165, 1.54) is 18.4 Å². The van der Waals surface area contributed by atoms with Crippen LogP contribution < -0.4 is 0 Å². The summed E-state index contributed by atoms with van der Waals surface area (Å²) in [6.07, 6.45) is 3.88. The fourth-order valence-corrected chi connectivity index (χ4v) is 2.97. The van der Waals surface area contributed by atoms with Crippen LogP contribution in [0.5, 0.6) is 5.75 Å². The molecule has 20 heavy (non-hydrogen) atoms. The zero-order valence-corrected chi connectivity index (χ0v) is 13.0. The summed E-state index contributed by atoms with van der Waals surface area (Å²) in [5, 5.41) is 9.84. The van der Waals surface area contributed by atoms with Crippen molar-refractivity contribution in [2.75, 3.05) is 19.7 Å². The van der Waals surface area contributed by atoms with Gasteiger partial charge in [-0.05, 0) is 56.3 Å². The second-order valence-corrected chi connectivity index (χ2v) is 5.95. The number of aromatic hydroxyl groups is 1. The Kier molecular flexibility index (Phi) is 5.44. The van der Waals surface area contributed by atoms with Gasteiger partial charge in [-0.15, -0.1) is 0 Å². The van der Waals surface area contributed by atoms with Gasteiger partial charge in [0.1, 0.15) is 5.75 Å². The first-order chi connectivity index (χ1) is 9.60. The Morgan fingerprint density at radius 3 is 2.65 bits per heavy atom. The molecule has 1 atom stereocenters. The maximum absolute atomic E-state index is 9.84. The second kappa shape index (κ2) is 7.09. The lowest BCUT2D eigenvalue weighted by Gasteiger charge is -2.32. The van der Waals surface area contributed by atoms with Crippen molar-refractivity contribution in [1.82, 2.24) is 4.90 Å². The first kappa shape index (κ1) is 15.3. The summed E-state index contributed by atoms with van der Waals surface area (Å²) < 4.78 is 5.88. The Labute approximate surface area is 122 Å². The summed E-state index contributed by atoms with van der Waals surface area (Å²) in [6.45, 7) is 10.1. The van der Waals surface area contributed by atoms with Crippen LogP contribution in [0, 0.1) is 13.8 Å². The zero-order chi connectivity index (χ0) is 14.5. The van der Waals surface area contributed by atoms with Crippen LogP contribution in [0.15, 0.2) is 12.1 Å². The lowest BCUT2D eigenvalue weighted by Crippen LogP contribution is -2.39. The molecular formula is C17H27NO2. The van der Waals surface area contributed by atoms with E-state index >= 15 is 0 Å². The minimum absolute atomic E-state index is 0.392. The Morgan fingerprint density at radius 1 is 1.30 bits per heavy atom. The molecule has 0 radical (unpaired) electrons. The van der Waals surface area contributed by atoms with E-state index in [9.17, 15) is 5.11 Å². The number of hydrogen-bond acceptors (Lipinski definition) is 3. The number of phenols is 1. The molecule has 0 aromatic heterocycles. The third-order valence-corrected chi connectivity index (χ3v) is 3.98. The van der Waals surface area contributed by atoms with Crippen LogP contribution in [0.1, 0.15) is 42.9 Å². The van der Waals surface area contributed by atoms with Crippen molar-refractivity contribution in [2.45, 2.75) is 52.7 Å². The van der Waals surface area contributed by atoms with Gasteiger partial charge >= 0.3 is 0 Å². The highest BCUT2D eigenvalue weighted by Crippen LogP contribution is 2.24. The zero-order valence-electron chi connectivity index (χ0n) is 13.0. The molecule has 2 rings (SSSR count). The van der Waals surface area contributed by atoms with Crippen molar-refractivity contribution in [3.8, 4) is 5.75 Å². The predicted octanol–water partition coefficient (Wildman–Crippen LogP) is 3.40. The minimum Gasteiger partial charge on any atom is -0.507 e. The quantitative estimate of drug-likeness (QED) is 0.895. The second-order valence-electron chi connectivity index (χ2n) is 5.95. The van der Waals surface area contributed by atoms with Crippen molar-refractivity contribution in [3.63, 3.8) is 0 Å². The van der Waals surface area contributed by atoms with Crippen molar-refractivity contribution in [1.29, 1.82) is 0 Å². The van der Waals surface area contributed by atoms with E-state index < -0.39 is 0 Å². The third-order valence-electron chi connectivity index (χ3n) is 3.98. The highest BCUT2D eigenvalue weighted by molar-refractivity contribution is 5.42. The SMILES string of the molecule is CCCOC1CCCN(Cc2cc(C)c(O)c(C)c2)C1. The topological polar surface area (TPSA) is 32.7 Å². The van der Waals surface area contributed by atoms with Gasteiger partial charge in [-0.1, -0.05) is 19.1 Å². The van der Waals surface area contributed by atoms with Crippen molar-refractivity contribution >= 4 is 0 Å². The normalized spacial score (nSPS) is 20.2. The van der Waals surface area contributed by atoms with E-state index in [1.54, 1.807) is 0 Å². The number of phenolic OH excluding ortho intramolecular Hbond substituents is 1.